The topological polar surface area (TPSA) is 80.6 Å². The molecule has 5 nitrogen and oxygen atoms in total. The minimum atomic E-state index is -1.03. The molecule has 2 heterocycles. The number of carbonyl (C=O) groups is 1. The molecule has 72 valence electrons. The zero-order valence-electron chi connectivity index (χ0n) is 7.29. The van der Waals surface area contributed by atoms with Gasteiger partial charge >= 0.3 is 5.97 Å². The first kappa shape index (κ1) is 8.71. The third-order valence-electron chi connectivity index (χ3n) is 2.06. The highest BCUT2D eigenvalue weighted by molar-refractivity contribution is 5.75. The van der Waals surface area contributed by atoms with E-state index in [4.69, 9.17) is 10.8 Å². The lowest BCUT2D eigenvalue weighted by Crippen LogP contribution is -2.20. The number of nitrogens with two attached hydrogens (primary N) is 1. The zero-order chi connectivity index (χ0) is 10.1. The molecule has 0 fully saturated rings. The SMILES string of the molecule is NC(C(=O)O)c1ccn2cncc2c1. The normalized spacial score (nSPS) is 12.9. The van der Waals surface area contributed by atoms with E-state index in [0.29, 0.717) is 5.56 Å². The summed E-state index contributed by atoms with van der Waals surface area (Å²) < 4.78 is 1.79. The van der Waals surface area contributed by atoms with E-state index in [1.54, 1.807) is 35.3 Å². The van der Waals surface area contributed by atoms with Gasteiger partial charge in [0.2, 0.25) is 0 Å². The lowest BCUT2D eigenvalue weighted by Gasteiger charge is -2.06. The summed E-state index contributed by atoms with van der Waals surface area (Å²) in [6, 6.07) is 2.41. The monoisotopic (exact) mass is 191 g/mol. The van der Waals surface area contributed by atoms with E-state index in [2.05, 4.69) is 4.98 Å². The van der Waals surface area contributed by atoms with Gasteiger partial charge in [0.1, 0.15) is 6.04 Å². The molecule has 0 aromatic carbocycles. The van der Waals surface area contributed by atoms with Crippen LogP contribution in [0.3, 0.4) is 0 Å². The van der Waals surface area contributed by atoms with Gasteiger partial charge in [-0.25, -0.2) is 4.98 Å². The highest BCUT2D eigenvalue weighted by Crippen LogP contribution is 2.13. The maximum atomic E-state index is 10.6. The lowest BCUT2D eigenvalue weighted by molar-refractivity contribution is -0.138. The van der Waals surface area contributed by atoms with E-state index in [1.165, 1.54) is 0 Å². The van der Waals surface area contributed by atoms with Crippen LogP contribution in [-0.2, 0) is 4.79 Å². The molecule has 0 spiro atoms. The van der Waals surface area contributed by atoms with Crippen LogP contribution < -0.4 is 5.73 Å². The number of carboxylic acids is 1. The Labute approximate surface area is 79.8 Å². The number of imidazole rings is 1. The second-order valence-corrected chi connectivity index (χ2v) is 3.00. The summed E-state index contributed by atoms with van der Waals surface area (Å²) >= 11 is 0. The number of fused-ring (bicyclic) bond motifs is 1. The van der Waals surface area contributed by atoms with Gasteiger partial charge in [0.05, 0.1) is 18.0 Å². The van der Waals surface area contributed by atoms with Gasteiger partial charge in [0.15, 0.2) is 0 Å². The van der Waals surface area contributed by atoms with Crippen molar-refractivity contribution < 1.29 is 9.90 Å². The predicted molar refractivity (Wildman–Crippen MR) is 49.8 cm³/mol. The summed E-state index contributed by atoms with van der Waals surface area (Å²) in [6.45, 7) is 0. The van der Waals surface area contributed by atoms with Gasteiger partial charge < -0.3 is 15.2 Å². The summed E-state index contributed by atoms with van der Waals surface area (Å²) in [5, 5.41) is 8.71. The number of aromatic nitrogens is 2. The smallest absolute Gasteiger partial charge is 0.325 e. The molecule has 1 atom stereocenters. The first-order valence-electron chi connectivity index (χ1n) is 4.08. The van der Waals surface area contributed by atoms with Crippen LogP contribution in [0.25, 0.3) is 5.52 Å². The number of nitrogens with zero attached hydrogens (tertiary/aromatic N) is 2. The van der Waals surface area contributed by atoms with Crippen molar-refractivity contribution >= 4 is 11.5 Å². The Morgan fingerprint density at radius 1 is 1.64 bits per heavy atom. The number of rotatable bonds is 2. The van der Waals surface area contributed by atoms with Crippen molar-refractivity contribution in [1.82, 2.24) is 9.38 Å². The fourth-order valence-corrected chi connectivity index (χ4v) is 1.27. The van der Waals surface area contributed by atoms with Crippen LogP contribution in [0.15, 0.2) is 30.9 Å². The molecule has 0 radical (unpaired) electrons. The summed E-state index contributed by atoms with van der Waals surface area (Å²) in [5.41, 5.74) is 6.88. The molecular formula is C9H9N3O2. The van der Waals surface area contributed by atoms with Crippen molar-refractivity contribution in [3.63, 3.8) is 0 Å². The molecule has 0 saturated carbocycles. The molecule has 0 aliphatic carbocycles. The van der Waals surface area contributed by atoms with Gasteiger partial charge in [-0.15, -0.1) is 0 Å². The van der Waals surface area contributed by atoms with Crippen LogP contribution in [0.5, 0.6) is 0 Å². The largest absolute Gasteiger partial charge is 0.480 e. The highest BCUT2D eigenvalue weighted by Gasteiger charge is 2.14. The molecule has 2 aromatic rings. The lowest BCUT2D eigenvalue weighted by atomic mass is 10.1. The molecule has 0 aliphatic heterocycles. The van der Waals surface area contributed by atoms with Crippen molar-refractivity contribution in [1.29, 1.82) is 0 Å². The van der Waals surface area contributed by atoms with Crippen LogP contribution in [0.4, 0.5) is 0 Å². The quantitative estimate of drug-likeness (QED) is 0.720. The van der Waals surface area contributed by atoms with Crippen molar-refractivity contribution in [2.45, 2.75) is 6.04 Å². The molecule has 2 aromatic heterocycles. The van der Waals surface area contributed by atoms with Crippen molar-refractivity contribution in [2.75, 3.05) is 0 Å². The number of hydrogen-bond acceptors (Lipinski definition) is 3. The van der Waals surface area contributed by atoms with E-state index < -0.39 is 12.0 Å². The molecule has 0 saturated heterocycles. The third-order valence-corrected chi connectivity index (χ3v) is 2.06. The summed E-state index contributed by atoms with van der Waals surface area (Å²) in [6.07, 6.45) is 5.03. The summed E-state index contributed by atoms with van der Waals surface area (Å²) in [7, 11) is 0. The predicted octanol–water partition coefficient (Wildman–Crippen LogP) is 0.419. The Balaban J connectivity index is 2.48. The summed E-state index contributed by atoms with van der Waals surface area (Å²) in [5.74, 6) is -1.03. The van der Waals surface area contributed by atoms with E-state index in [9.17, 15) is 4.79 Å². The third kappa shape index (κ3) is 1.33. The Kier molecular flexibility index (Phi) is 1.94. The molecule has 5 heteroatoms. The number of hydrogen-bond donors (Lipinski definition) is 2. The first-order valence-corrected chi connectivity index (χ1v) is 4.08. The highest BCUT2D eigenvalue weighted by atomic mass is 16.4. The molecule has 14 heavy (non-hydrogen) atoms. The number of aliphatic carboxylic acids is 1. The van der Waals surface area contributed by atoms with Gasteiger partial charge in [-0.05, 0) is 17.7 Å². The number of pyridine rings is 1. The fraction of sp³-hybridized carbons (Fsp3) is 0.111. The maximum absolute atomic E-state index is 10.6. The Morgan fingerprint density at radius 3 is 3.14 bits per heavy atom. The van der Waals surface area contributed by atoms with E-state index in [1.807, 2.05) is 0 Å². The average Bonchev–Trinajstić information content (AvgIpc) is 2.62. The van der Waals surface area contributed by atoms with Crippen molar-refractivity contribution in [3.8, 4) is 0 Å². The van der Waals surface area contributed by atoms with Gasteiger partial charge in [0.25, 0.3) is 0 Å². The Morgan fingerprint density at radius 2 is 2.43 bits per heavy atom. The molecule has 0 amide bonds. The standard InChI is InChI=1S/C9H9N3O2/c10-8(9(13)14)6-1-2-12-5-11-4-7(12)3-6/h1-5,8H,10H2,(H,13,14). The van der Waals surface area contributed by atoms with Gasteiger partial charge in [-0.2, -0.15) is 0 Å². The van der Waals surface area contributed by atoms with Gasteiger partial charge in [0, 0.05) is 6.20 Å². The van der Waals surface area contributed by atoms with Crippen LogP contribution in [-0.4, -0.2) is 20.5 Å². The van der Waals surface area contributed by atoms with Gasteiger partial charge in [-0.3, -0.25) is 4.79 Å². The summed E-state index contributed by atoms with van der Waals surface area (Å²) in [4.78, 5) is 14.5. The first-order chi connectivity index (χ1) is 6.68. The maximum Gasteiger partial charge on any atom is 0.325 e. The van der Waals surface area contributed by atoms with Crippen LogP contribution in [0.2, 0.25) is 0 Å². The van der Waals surface area contributed by atoms with E-state index in [-0.39, 0.29) is 0 Å². The molecule has 0 aliphatic rings. The molecule has 0 bridgehead atoms. The molecule has 2 rings (SSSR count). The minimum absolute atomic E-state index is 0.575. The van der Waals surface area contributed by atoms with Crippen molar-refractivity contribution in [3.05, 3.63) is 36.4 Å². The zero-order valence-corrected chi connectivity index (χ0v) is 7.29. The number of carboxylic acid groups (broad SMARTS) is 1. The fourth-order valence-electron chi connectivity index (χ4n) is 1.27. The minimum Gasteiger partial charge on any atom is -0.480 e. The Bertz CT molecular complexity index is 478. The Hall–Kier alpha value is -1.88. The van der Waals surface area contributed by atoms with E-state index >= 15 is 0 Å². The molecule has 1 unspecified atom stereocenters. The second-order valence-electron chi connectivity index (χ2n) is 3.00. The van der Waals surface area contributed by atoms with Crippen LogP contribution >= 0.6 is 0 Å². The molecule has 3 N–H and O–H groups in total. The second kappa shape index (κ2) is 3.12. The van der Waals surface area contributed by atoms with Gasteiger partial charge in [-0.1, -0.05) is 0 Å². The van der Waals surface area contributed by atoms with Crippen LogP contribution in [0.1, 0.15) is 11.6 Å². The average molecular weight is 191 g/mol. The van der Waals surface area contributed by atoms with E-state index in [0.717, 1.165) is 5.52 Å². The van der Waals surface area contributed by atoms with Crippen LogP contribution in [0, 0.1) is 0 Å². The van der Waals surface area contributed by atoms with Crippen molar-refractivity contribution in [2.24, 2.45) is 5.73 Å². The molecular weight excluding hydrogens is 182 g/mol.